The van der Waals surface area contributed by atoms with Crippen molar-refractivity contribution in [3.8, 4) is 0 Å². The van der Waals surface area contributed by atoms with Crippen molar-refractivity contribution in [2.75, 3.05) is 5.32 Å². The fourth-order valence-corrected chi connectivity index (χ4v) is 1.90. The average Bonchev–Trinajstić information content (AvgIpc) is 2.80. The molecule has 7 nitrogen and oxygen atoms in total. The molecule has 0 atom stereocenters. The zero-order chi connectivity index (χ0) is 12.3. The van der Waals surface area contributed by atoms with Crippen molar-refractivity contribution in [1.82, 2.24) is 10.1 Å². The molecule has 1 aromatic heterocycles. The number of non-ortho nitro benzene ring substituents is 1. The van der Waals surface area contributed by atoms with Crippen LogP contribution in [0.4, 0.5) is 11.4 Å². The fraction of sp³-hybridized carbons (Fsp3) is 0.111. The molecular formula is C9H7IN4O3. The third-order valence-electron chi connectivity index (χ3n) is 2.01. The number of nitro groups is 1. The smallest absolute Gasteiger partial charge is 0.270 e. The standard InChI is InChI=1S/C9H7IN4O3/c10-7-3-6(14(15)16)1-2-8(7)11-4-9-12-5-17-13-9/h1-3,5,11H,4H2. The van der Waals surface area contributed by atoms with Crippen molar-refractivity contribution in [1.29, 1.82) is 0 Å². The van der Waals surface area contributed by atoms with Crippen molar-refractivity contribution in [2.45, 2.75) is 6.54 Å². The SMILES string of the molecule is O=[N+]([O-])c1ccc(NCc2ncon2)c(I)c1. The molecular weight excluding hydrogens is 339 g/mol. The molecule has 1 N–H and O–H groups in total. The van der Waals surface area contributed by atoms with E-state index in [4.69, 9.17) is 0 Å². The first-order chi connectivity index (χ1) is 8.16. The van der Waals surface area contributed by atoms with Gasteiger partial charge in [0.05, 0.1) is 11.5 Å². The Bertz CT molecular complexity index is 529. The number of aromatic nitrogens is 2. The molecule has 0 fully saturated rings. The summed E-state index contributed by atoms with van der Waals surface area (Å²) in [6.07, 6.45) is 1.25. The lowest BCUT2D eigenvalue weighted by atomic mass is 10.3. The zero-order valence-electron chi connectivity index (χ0n) is 8.46. The van der Waals surface area contributed by atoms with Crippen LogP contribution in [0, 0.1) is 13.7 Å². The van der Waals surface area contributed by atoms with Gasteiger partial charge in [-0.05, 0) is 28.7 Å². The Morgan fingerprint density at radius 1 is 1.53 bits per heavy atom. The van der Waals surface area contributed by atoms with Crippen LogP contribution >= 0.6 is 22.6 Å². The normalized spacial score (nSPS) is 10.2. The van der Waals surface area contributed by atoms with Crippen LogP contribution in [0.15, 0.2) is 29.1 Å². The average molecular weight is 346 g/mol. The van der Waals surface area contributed by atoms with E-state index in [0.717, 1.165) is 9.26 Å². The number of hydrogen-bond donors (Lipinski definition) is 1. The number of nitrogens with one attached hydrogen (secondary N) is 1. The summed E-state index contributed by atoms with van der Waals surface area (Å²) in [5.74, 6) is 0.527. The third-order valence-corrected chi connectivity index (χ3v) is 2.90. The Kier molecular flexibility index (Phi) is 3.52. The van der Waals surface area contributed by atoms with Gasteiger partial charge in [0.25, 0.3) is 5.69 Å². The Labute approximate surface area is 110 Å². The van der Waals surface area contributed by atoms with Crippen LogP contribution in [0.3, 0.4) is 0 Å². The molecule has 0 unspecified atom stereocenters. The number of hydrogen-bond acceptors (Lipinski definition) is 6. The summed E-state index contributed by atoms with van der Waals surface area (Å²) in [6.45, 7) is 0.407. The fourth-order valence-electron chi connectivity index (χ4n) is 1.21. The maximum Gasteiger partial charge on any atom is 0.270 e. The molecule has 0 aliphatic heterocycles. The first-order valence-electron chi connectivity index (χ1n) is 4.60. The molecule has 0 amide bonds. The second-order valence-corrected chi connectivity index (χ2v) is 4.28. The van der Waals surface area contributed by atoms with Gasteiger partial charge in [-0.1, -0.05) is 5.16 Å². The summed E-state index contributed by atoms with van der Waals surface area (Å²) >= 11 is 2.03. The van der Waals surface area contributed by atoms with E-state index in [2.05, 4.69) is 20.0 Å². The predicted octanol–water partition coefficient (Wildman–Crippen LogP) is 2.19. The lowest BCUT2D eigenvalue weighted by molar-refractivity contribution is -0.384. The Balaban J connectivity index is 2.09. The third kappa shape index (κ3) is 2.90. The van der Waals surface area contributed by atoms with E-state index < -0.39 is 4.92 Å². The van der Waals surface area contributed by atoms with Gasteiger partial charge in [0, 0.05) is 21.4 Å². The molecule has 0 saturated heterocycles. The van der Waals surface area contributed by atoms with Crippen molar-refractivity contribution < 1.29 is 9.45 Å². The molecule has 0 aliphatic rings. The molecule has 88 valence electrons. The Hall–Kier alpha value is -1.71. The van der Waals surface area contributed by atoms with E-state index in [1.165, 1.54) is 18.5 Å². The van der Waals surface area contributed by atoms with Gasteiger partial charge in [0.2, 0.25) is 6.39 Å². The Morgan fingerprint density at radius 2 is 2.35 bits per heavy atom. The summed E-state index contributed by atoms with van der Waals surface area (Å²) < 4.78 is 5.36. The molecule has 2 rings (SSSR count). The first-order valence-corrected chi connectivity index (χ1v) is 5.68. The van der Waals surface area contributed by atoms with Gasteiger partial charge in [-0.3, -0.25) is 10.1 Å². The highest BCUT2D eigenvalue weighted by Gasteiger charge is 2.09. The lowest BCUT2D eigenvalue weighted by Crippen LogP contribution is -2.03. The minimum atomic E-state index is -0.425. The van der Waals surface area contributed by atoms with Crippen LogP contribution in [0.25, 0.3) is 0 Å². The molecule has 0 saturated carbocycles. The molecule has 0 radical (unpaired) electrons. The second kappa shape index (κ2) is 5.08. The summed E-state index contributed by atoms with van der Waals surface area (Å²) in [5, 5.41) is 17.3. The van der Waals surface area contributed by atoms with E-state index in [1.54, 1.807) is 6.07 Å². The van der Waals surface area contributed by atoms with Crippen LogP contribution in [-0.4, -0.2) is 15.1 Å². The van der Waals surface area contributed by atoms with Crippen LogP contribution in [0.5, 0.6) is 0 Å². The number of nitro benzene ring substituents is 1. The summed E-state index contributed by atoms with van der Waals surface area (Å²) in [7, 11) is 0. The minimum Gasteiger partial charge on any atom is -0.377 e. The molecule has 8 heteroatoms. The summed E-state index contributed by atoms with van der Waals surface area (Å²) in [6, 6.07) is 4.60. The van der Waals surface area contributed by atoms with Gasteiger partial charge in [-0.25, -0.2) is 0 Å². The highest BCUT2D eigenvalue weighted by molar-refractivity contribution is 14.1. The minimum absolute atomic E-state index is 0.0690. The van der Waals surface area contributed by atoms with Crippen molar-refractivity contribution in [2.24, 2.45) is 0 Å². The van der Waals surface area contributed by atoms with Gasteiger partial charge in [0.1, 0.15) is 0 Å². The quantitative estimate of drug-likeness (QED) is 0.518. The number of anilines is 1. The summed E-state index contributed by atoms with van der Waals surface area (Å²) in [5.41, 5.74) is 0.862. The van der Waals surface area contributed by atoms with Crippen LogP contribution in [0.2, 0.25) is 0 Å². The van der Waals surface area contributed by atoms with Gasteiger partial charge < -0.3 is 9.84 Å². The van der Waals surface area contributed by atoms with Crippen molar-refractivity contribution in [3.05, 3.63) is 44.1 Å². The molecule has 17 heavy (non-hydrogen) atoms. The van der Waals surface area contributed by atoms with Gasteiger partial charge in [0.15, 0.2) is 5.82 Å². The number of halogens is 1. The topological polar surface area (TPSA) is 94.1 Å². The Morgan fingerprint density at radius 3 is 2.94 bits per heavy atom. The lowest BCUT2D eigenvalue weighted by Gasteiger charge is -2.05. The van der Waals surface area contributed by atoms with E-state index in [1.807, 2.05) is 22.6 Å². The number of nitrogens with zero attached hydrogens (tertiary/aromatic N) is 3. The maximum atomic E-state index is 10.6. The number of rotatable bonds is 4. The molecule has 0 bridgehead atoms. The van der Waals surface area contributed by atoms with Gasteiger partial charge in [-0.15, -0.1) is 0 Å². The van der Waals surface area contributed by atoms with E-state index in [9.17, 15) is 10.1 Å². The molecule has 1 aromatic carbocycles. The van der Waals surface area contributed by atoms with E-state index in [-0.39, 0.29) is 5.69 Å². The zero-order valence-corrected chi connectivity index (χ0v) is 10.6. The van der Waals surface area contributed by atoms with Gasteiger partial charge in [-0.2, -0.15) is 4.98 Å². The molecule has 2 aromatic rings. The van der Waals surface area contributed by atoms with Crippen LogP contribution in [0.1, 0.15) is 5.82 Å². The predicted molar refractivity (Wildman–Crippen MR) is 67.4 cm³/mol. The first kappa shape index (κ1) is 11.8. The highest BCUT2D eigenvalue weighted by atomic mass is 127. The van der Waals surface area contributed by atoms with Crippen LogP contribution in [-0.2, 0) is 6.54 Å². The highest BCUT2D eigenvalue weighted by Crippen LogP contribution is 2.23. The molecule has 0 aliphatic carbocycles. The van der Waals surface area contributed by atoms with Crippen molar-refractivity contribution >= 4 is 34.0 Å². The van der Waals surface area contributed by atoms with Crippen molar-refractivity contribution in [3.63, 3.8) is 0 Å². The molecule has 1 heterocycles. The molecule has 0 spiro atoms. The second-order valence-electron chi connectivity index (χ2n) is 3.12. The van der Waals surface area contributed by atoms with Gasteiger partial charge >= 0.3 is 0 Å². The largest absolute Gasteiger partial charge is 0.377 e. The summed E-state index contributed by atoms with van der Waals surface area (Å²) in [4.78, 5) is 14.0. The van der Waals surface area contributed by atoms with E-state index >= 15 is 0 Å². The van der Waals surface area contributed by atoms with E-state index in [0.29, 0.717) is 12.4 Å². The number of benzene rings is 1. The monoisotopic (exact) mass is 346 g/mol. The maximum absolute atomic E-state index is 10.6. The van der Waals surface area contributed by atoms with Crippen LogP contribution < -0.4 is 5.32 Å².